The average Bonchev–Trinajstić information content (AvgIpc) is 2.65. The largest absolute Gasteiger partial charge is 0.463 e. The Morgan fingerprint density at radius 2 is 1.27 bits per heavy atom. The molecule has 0 aliphatic rings. The highest BCUT2D eigenvalue weighted by atomic mass is 16.5. The second kappa shape index (κ2) is 18.5. The topological polar surface area (TPSA) is 52.6 Å². The Hall–Kier alpha value is -1.32. The molecule has 0 amide bonds. The Bertz CT molecular complexity index is 376. The molecule has 26 heavy (non-hydrogen) atoms. The van der Waals surface area contributed by atoms with Crippen LogP contribution in [-0.2, 0) is 19.1 Å². The number of hydrogen-bond acceptors (Lipinski definition) is 4. The molecule has 0 saturated heterocycles. The molecule has 0 saturated carbocycles. The van der Waals surface area contributed by atoms with Crippen LogP contribution in [0.4, 0.5) is 0 Å². The van der Waals surface area contributed by atoms with Crippen LogP contribution < -0.4 is 0 Å². The van der Waals surface area contributed by atoms with Crippen molar-refractivity contribution in [3.63, 3.8) is 0 Å². The molecule has 0 N–H and O–H groups in total. The van der Waals surface area contributed by atoms with Gasteiger partial charge in [0.25, 0.3) is 0 Å². The summed E-state index contributed by atoms with van der Waals surface area (Å²) >= 11 is 0. The lowest BCUT2D eigenvalue weighted by Crippen LogP contribution is -2.12. The van der Waals surface area contributed by atoms with E-state index in [0.29, 0.717) is 19.1 Å². The van der Waals surface area contributed by atoms with Crippen molar-refractivity contribution in [3.05, 3.63) is 12.2 Å². The zero-order chi connectivity index (χ0) is 19.5. The first-order chi connectivity index (χ1) is 12.6. The van der Waals surface area contributed by atoms with Crippen LogP contribution >= 0.6 is 0 Å². The first kappa shape index (κ1) is 24.7. The van der Waals surface area contributed by atoms with Crippen molar-refractivity contribution >= 4 is 11.9 Å². The first-order valence-corrected chi connectivity index (χ1v) is 10.7. The third-order valence-corrected chi connectivity index (χ3v) is 4.60. The number of unbranched alkanes of at least 4 members (excludes halogenated alkanes) is 8. The van der Waals surface area contributed by atoms with Gasteiger partial charge < -0.3 is 9.47 Å². The van der Waals surface area contributed by atoms with Gasteiger partial charge in [0.1, 0.15) is 0 Å². The van der Waals surface area contributed by atoms with E-state index in [1.54, 1.807) is 0 Å². The van der Waals surface area contributed by atoms with Crippen LogP contribution in [0.25, 0.3) is 0 Å². The van der Waals surface area contributed by atoms with Gasteiger partial charge in [-0.25, -0.2) is 9.59 Å². The third-order valence-electron chi connectivity index (χ3n) is 4.60. The van der Waals surface area contributed by atoms with Gasteiger partial charge in [0, 0.05) is 12.2 Å². The van der Waals surface area contributed by atoms with Crippen LogP contribution in [0.2, 0.25) is 0 Å². The van der Waals surface area contributed by atoms with Gasteiger partial charge in [0.15, 0.2) is 0 Å². The molecule has 0 aromatic carbocycles. The summed E-state index contributed by atoms with van der Waals surface area (Å²) < 4.78 is 10.3. The van der Waals surface area contributed by atoms with Gasteiger partial charge in [-0.3, -0.25) is 0 Å². The summed E-state index contributed by atoms with van der Waals surface area (Å²) in [5.41, 5.74) is 0. The highest BCUT2D eigenvalue weighted by Gasteiger charge is 2.08. The van der Waals surface area contributed by atoms with Gasteiger partial charge in [-0.15, -0.1) is 0 Å². The van der Waals surface area contributed by atoms with Crippen molar-refractivity contribution in [2.24, 2.45) is 5.92 Å². The molecule has 4 nitrogen and oxygen atoms in total. The number of ether oxygens (including phenoxy) is 2. The van der Waals surface area contributed by atoms with Crippen LogP contribution in [0.1, 0.15) is 97.8 Å². The summed E-state index contributed by atoms with van der Waals surface area (Å²) in [6.07, 6.45) is 16.3. The van der Waals surface area contributed by atoms with Crippen molar-refractivity contribution in [1.29, 1.82) is 0 Å². The van der Waals surface area contributed by atoms with E-state index >= 15 is 0 Å². The number of carbonyl (C=O) groups excluding carboxylic acids is 2. The summed E-state index contributed by atoms with van der Waals surface area (Å²) in [5, 5.41) is 0. The molecular formula is C22H40O4. The standard InChI is InChI=1S/C22H40O4/c1-4-7-9-10-11-12-13-14-18-25-21(23)16-17-22(24)26-19-20(6-3)15-8-5-2/h16-17,20H,4-15,18-19H2,1-3H3/b17-16+. The van der Waals surface area contributed by atoms with Gasteiger partial charge in [0.2, 0.25) is 0 Å². The predicted octanol–water partition coefficient (Wildman–Crippen LogP) is 5.99. The number of esters is 2. The Morgan fingerprint density at radius 3 is 1.85 bits per heavy atom. The summed E-state index contributed by atoms with van der Waals surface area (Å²) in [6, 6.07) is 0. The summed E-state index contributed by atoms with van der Waals surface area (Å²) in [6.45, 7) is 7.32. The molecule has 1 unspecified atom stereocenters. The Balaban J connectivity index is 3.67. The van der Waals surface area contributed by atoms with Crippen LogP contribution in [-0.4, -0.2) is 25.2 Å². The maximum absolute atomic E-state index is 11.6. The number of rotatable bonds is 17. The maximum Gasteiger partial charge on any atom is 0.331 e. The van der Waals surface area contributed by atoms with E-state index in [0.717, 1.165) is 38.5 Å². The lowest BCUT2D eigenvalue weighted by Gasteiger charge is -2.13. The lowest BCUT2D eigenvalue weighted by molar-refractivity contribution is -0.141. The van der Waals surface area contributed by atoms with E-state index in [4.69, 9.17) is 9.47 Å². The van der Waals surface area contributed by atoms with E-state index < -0.39 is 11.9 Å². The van der Waals surface area contributed by atoms with Crippen molar-refractivity contribution in [1.82, 2.24) is 0 Å². The molecule has 0 rings (SSSR count). The van der Waals surface area contributed by atoms with Crippen molar-refractivity contribution < 1.29 is 19.1 Å². The van der Waals surface area contributed by atoms with E-state index in [2.05, 4.69) is 20.8 Å². The molecule has 4 heteroatoms. The molecule has 0 heterocycles. The predicted molar refractivity (Wildman–Crippen MR) is 107 cm³/mol. The molecule has 0 bridgehead atoms. The second-order valence-corrected chi connectivity index (χ2v) is 7.02. The average molecular weight is 369 g/mol. The van der Waals surface area contributed by atoms with Crippen LogP contribution in [0, 0.1) is 5.92 Å². The fourth-order valence-corrected chi connectivity index (χ4v) is 2.74. The highest BCUT2D eigenvalue weighted by Crippen LogP contribution is 2.13. The Labute approximate surface area is 160 Å². The minimum absolute atomic E-state index is 0.404. The zero-order valence-corrected chi connectivity index (χ0v) is 17.3. The Morgan fingerprint density at radius 1 is 0.731 bits per heavy atom. The van der Waals surface area contributed by atoms with Gasteiger partial charge in [0.05, 0.1) is 13.2 Å². The molecule has 1 atom stereocenters. The van der Waals surface area contributed by atoms with Crippen molar-refractivity contribution in [2.75, 3.05) is 13.2 Å². The van der Waals surface area contributed by atoms with E-state index in [1.807, 2.05) is 0 Å². The van der Waals surface area contributed by atoms with Crippen molar-refractivity contribution in [3.8, 4) is 0 Å². The fraction of sp³-hybridized carbons (Fsp3) is 0.818. The lowest BCUT2D eigenvalue weighted by atomic mass is 10.0. The summed E-state index contributed by atoms with van der Waals surface area (Å²) in [4.78, 5) is 23.2. The molecule has 0 aliphatic heterocycles. The molecule has 0 aliphatic carbocycles. The van der Waals surface area contributed by atoms with Crippen LogP contribution in [0.15, 0.2) is 12.2 Å². The minimum atomic E-state index is -0.470. The van der Waals surface area contributed by atoms with Gasteiger partial charge in [-0.1, -0.05) is 85.0 Å². The molecule has 0 spiro atoms. The summed E-state index contributed by atoms with van der Waals surface area (Å²) in [7, 11) is 0. The van der Waals surface area contributed by atoms with E-state index in [9.17, 15) is 9.59 Å². The van der Waals surface area contributed by atoms with E-state index in [1.165, 1.54) is 50.7 Å². The van der Waals surface area contributed by atoms with Gasteiger partial charge >= 0.3 is 11.9 Å². The SMILES string of the molecule is CCCCCCCCCCOC(=O)/C=C/C(=O)OCC(CC)CCCC. The fourth-order valence-electron chi connectivity index (χ4n) is 2.74. The van der Waals surface area contributed by atoms with Crippen LogP contribution in [0.5, 0.6) is 0 Å². The second-order valence-electron chi connectivity index (χ2n) is 7.02. The molecule has 0 aromatic heterocycles. The van der Waals surface area contributed by atoms with Crippen LogP contribution in [0.3, 0.4) is 0 Å². The quantitative estimate of drug-likeness (QED) is 0.180. The van der Waals surface area contributed by atoms with Crippen molar-refractivity contribution in [2.45, 2.75) is 97.8 Å². The zero-order valence-electron chi connectivity index (χ0n) is 17.3. The smallest absolute Gasteiger partial charge is 0.331 e. The normalized spacial score (nSPS) is 12.3. The number of carbonyl (C=O) groups is 2. The molecule has 0 radical (unpaired) electrons. The Kier molecular flexibility index (Phi) is 17.5. The first-order valence-electron chi connectivity index (χ1n) is 10.7. The number of hydrogen-bond donors (Lipinski definition) is 0. The highest BCUT2D eigenvalue weighted by molar-refractivity contribution is 5.91. The van der Waals surface area contributed by atoms with Gasteiger partial charge in [-0.05, 0) is 18.8 Å². The van der Waals surface area contributed by atoms with Gasteiger partial charge in [-0.2, -0.15) is 0 Å². The molecule has 152 valence electrons. The monoisotopic (exact) mass is 368 g/mol. The van der Waals surface area contributed by atoms with E-state index in [-0.39, 0.29) is 0 Å². The molecular weight excluding hydrogens is 328 g/mol. The summed E-state index contributed by atoms with van der Waals surface area (Å²) in [5.74, 6) is -0.534. The molecule has 0 fully saturated rings. The third kappa shape index (κ3) is 16.2. The minimum Gasteiger partial charge on any atom is -0.463 e. The molecule has 0 aromatic rings. The maximum atomic E-state index is 11.6.